The number of fused-ring (bicyclic) bond motifs is 3. The first-order valence-electron chi connectivity index (χ1n) is 11.7. The fraction of sp³-hybridized carbons (Fsp3) is 0.259. The number of nitrogens with zero attached hydrogens (tertiary/aromatic N) is 4. The average Bonchev–Trinajstić information content (AvgIpc) is 3.35. The number of aromatic nitrogens is 3. The summed E-state index contributed by atoms with van der Waals surface area (Å²) in [5.41, 5.74) is 2.52. The van der Waals surface area contributed by atoms with Crippen molar-refractivity contribution in [2.75, 3.05) is 7.11 Å². The molecule has 0 spiro atoms. The highest BCUT2D eigenvalue weighted by atomic mass is 32.1. The van der Waals surface area contributed by atoms with Gasteiger partial charge in [-0.15, -0.1) is 21.5 Å². The summed E-state index contributed by atoms with van der Waals surface area (Å²) in [7, 11) is 1.31. The van der Waals surface area contributed by atoms with Gasteiger partial charge in [0.2, 0.25) is 0 Å². The Bertz CT molecular complexity index is 1590. The van der Waals surface area contributed by atoms with Crippen LogP contribution in [0.4, 0.5) is 13.2 Å². The van der Waals surface area contributed by atoms with Gasteiger partial charge in [-0.05, 0) is 49.6 Å². The van der Waals surface area contributed by atoms with Crippen LogP contribution in [0.1, 0.15) is 51.2 Å². The normalized spacial score (nSPS) is 14.9. The summed E-state index contributed by atoms with van der Waals surface area (Å²) in [5, 5.41) is 19.0. The van der Waals surface area contributed by atoms with Crippen LogP contribution in [0.25, 0.3) is 16.1 Å². The number of methoxy groups -OCH3 is 1. The van der Waals surface area contributed by atoms with E-state index in [1.165, 1.54) is 19.2 Å². The van der Waals surface area contributed by atoms with Crippen molar-refractivity contribution < 1.29 is 27.8 Å². The molecule has 1 aliphatic heterocycles. The predicted molar refractivity (Wildman–Crippen MR) is 137 cm³/mol. The Morgan fingerprint density at radius 2 is 1.76 bits per heavy atom. The number of carbonyl (C=O) groups is 1. The highest BCUT2D eigenvalue weighted by Gasteiger charge is 2.35. The molecular weight excluding hydrogens is 517 g/mol. The van der Waals surface area contributed by atoms with E-state index >= 15 is 0 Å². The lowest BCUT2D eigenvalue weighted by Crippen LogP contribution is -2.12. The number of halogens is 3. The Hall–Kier alpha value is -3.99. The molecule has 1 aliphatic rings. The first-order valence-corrected chi connectivity index (χ1v) is 12.5. The van der Waals surface area contributed by atoms with Gasteiger partial charge in [-0.25, -0.2) is 0 Å². The van der Waals surface area contributed by atoms with Crippen molar-refractivity contribution in [3.8, 4) is 21.9 Å². The number of aliphatic imine (C=N–C) groups is 1. The second-order valence-electron chi connectivity index (χ2n) is 8.98. The van der Waals surface area contributed by atoms with E-state index in [0.29, 0.717) is 28.5 Å². The minimum atomic E-state index is -4.63. The molecule has 2 aromatic carbocycles. The van der Waals surface area contributed by atoms with Crippen LogP contribution in [-0.2, 0) is 15.7 Å². The van der Waals surface area contributed by atoms with Gasteiger partial charge in [-0.3, -0.25) is 14.4 Å². The van der Waals surface area contributed by atoms with Gasteiger partial charge in [-0.1, -0.05) is 30.3 Å². The number of aryl methyl sites for hydroxylation is 2. The molecule has 1 atom stereocenters. The largest absolute Gasteiger partial charge is 0.508 e. The van der Waals surface area contributed by atoms with Crippen LogP contribution < -0.4 is 0 Å². The molecular formula is C27H23F3N4O3S. The number of ether oxygens (including phenoxy) is 1. The van der Waals surface area contributed by atoms with Crippen molar-refractivity contribution in [1.82, 2.24) is 14.8 Å². The van der Waals surface area contributed by atoms with Gasteiger partial charge < -0.3 is 9.84 Å². The van der Waals surface area contributed by atoms with Crippen LogP contribution in [-0.4, -0.2) is 38.7 Å². The van der Waals surface area contributed by atoms with Gasteiger partial charge in [0.25, 0.3) is 0 Å². The number of thiophene rings is 1. The first kappa shape index (κ1) is 25.7. The van der Waals surface area contributed by atoms with E-state index in [-0.39, 0.29) is 12.0 Å². The number of hydrogen-bond donors (Lipinski definition) is 1. The second-order valence-corrected chi connectivity index (χ2v) is 10.2. The zero-order valence-electron chi connectivity index (χ0n) is 20.9. The van der Waals surface area contributed by atoms with E-state index < -0.39 is 29.5 Å². The molecule has 0 saturated heterocycles. The van der Waals surface area contributed by atoms with E-state index in [0.717, 1.165) is 27.1 Å². The molecule has 4 aromatic rings. The van der Waals surface area contributed by atoms with Gasteiger partial charge in [0.15, 0.2) is 5.82 Å². The zero-order valence-corrected chi connectivity index (χ0v) is 21.7. The van der Waals surface area contributed by atoms with Crippen molar-refractivity contribution in [3.05, 3.63) is 81.2 Å². The van der Waals surface area contributed by atoms with E-state index in [1.807, 2.05) is 25.3 Å². The lowest BCUT2D eigenvalue weighted by atomic mass is 9.95. The first-order chi connectivity index (χ1) is 18.0. The van der Waals surface area contributed by atoms with E-state index in [9.17, 15) is 23.1 Å². The van der Waals surface area contributed by atoms with E-state index in [2.05, 4.69) is 10.2 Å². The predicted octanol–water partition coefficient (Wildman–Crippen LogP) is 6.10. The Morgan fingerprint density at radius 3 is 2.42 bits per heavy atom. The molecule has 1 N–H and O–H groups in total. The fourth-order valence-corrected chi connectivity index (χ4v) is 5.81. The number of rotatable bonds is 4. The van der Waals surface area contributed by atoms with Crippen molar-refractivity contribution in [2.45, 2.75) is 39.4 Å². The second kappa shape index (κ2) is 9.39. The van der Waals surface area contributed by atoms with Gasteiger partial charge in [0, 0.05) is 16.0 Å². The summed E-state index contributed by atoms with van der Waals surface area (Å²) >= 11 is 1.56. The summed E-state index contributed by atoms with van der Waals surface area (Å²) in [6.45, 7) is 5.82. The standard InChI is InChI=1S/C27H23F3N4O3S/c1-13-14(2)38-26-23(13)24(31-21(12-22(36)37-4)25-33-32-15(3)34(25)26)17-7-5-16(6-8-17)19-10-9-18(35)11-20(19)27(28,29)30/h5-11,21,35H,12H2,1-4H3/t21-/m0/s1. The van der Waals surface area contributed by atoms with Crippen LogP contribution >= 0.6 is 11.3 Å². The van der Waals surface area contributed by atoms with Crippen LogP contribution in [0.3, 0.4) is 0 Å². The minimum Gasteiger partial charge on any atom is -0.508 e. The third kappa shape index (κ3) is 4.36. The van der Waals surface area contributed by atoms with Crippen molar-refractivity contribution in [2.24, 2.45) is 4.99 Å². The third-order valence-electron chi connectivity index (χ3n) is 6.61. The SMILES string of the molecule is COC(=O)C[C@@H]1N=C(c2ccc(-c3ccc(O)cc3C(F)(F)F)cc2)c2c(sc(C)c2C)-n2c(C)nnc21. The van der Waals surface area contributed by atoms with Crippen LogP contribution in [0.2, 0.25) is 0 Å². The van der Waals surface area contributed by atoms with Crippen molar-refractivity contribution in [1.29, 1.82) is 0 Å². The highest BCUT2D eigenvalue weighted by Crippen LogP contribution is 2.41. The molecule has 7 nitrogen and oxygen atoms in total. The van der Waals surface area contributed by atoms with E-state index in [1.54, 1.807) is 35.6 Å². The van der Waals surface area contributed by atoms with Crippen molar-refractivity contribution in [3.63, 3.8) is 0 Å². The number of alkyl halides is 3. The number of benzene rings is 2. The quantitative estimate of drug-likeness (QED) is 0.316. The summed E-state index contributed by atoms with van der Waals surface area (Å²) < 4.78 is 47.8. The van der Waals surface area contributed by atoms with Crippen LogP contribution in [0.5, 0.6) is 5.75 Å². The monoisotopic (exact) mass is 540 g/mol. The topological polar surface area (TPSA) is 89.6 Å². The molecule has 0 aliphatic carbocycles. The van der Waals surface area contributed by atoms with E-state index in [4.69, 9.17) is 9.73 Å². The maximum atomic E-state index is 13.7. The molecule has 0 saturated carbocycles. The maximum Gasteiger partial charge on any atom is 0.417 e. The summed E-state index contributed by atoms with van der Waals surface area (Å²) in [6, 6.07) is 9.15. The molecule has 5 rings (SSSR count). The molecule has 0 radical (unpaired) electrons. The highest BCUT2D eigenvalue weighted by molar-refractivity contribution is 7.15. The van der Waals surface area contributed by atoms with Gasteiger partial charge in [-0.2, -0.15) is 13.2 Å². The molecule has 11 heteroatoms. The smallest absolute Gasteiger partial charge is 0.417 e. The Labute approximate surface area is 220 Å². The molecule has 38 heavy (non-hydrogen) atoms. The molecule has 0 bridgehead atoms. The molecule has 196 valence electrons. The number of esters is 1. The van der Waals surface area contributed by atoms with Crippen LogP contribution in [0, 0.1) is 20.8 Å². The Morgan fingerprint density at radius 1 is 1.08 bits per heavy atom. The number of phenols is 1. The summed E-state index contributed by atoms with van der Waals surface area (Å²) in [5.74, 6) is 0.253. The lowest BCUT2D eigenvalue weighted by molar-refractivity contribution is -0.141. The molecule has 0 amide bonds. The average molecular weight is 541 g/mol. The van der Waals surface area contributed by atoms with Gasteiger partial charge in [0.1, 0.15) is 22.6 Å². The minimum absolute atomic E-state index is 0.0432. The Balaban J connectivity index is 1.67. The van der Waals surface area contributed by atoms with Crippen LogP contribution in [0.15, 0.2) is 47.5 Å². The fourth-order valence-electron chi connectivity index (χ4n) is 4.59. The summed E-state index contributed by atoms with van der Waals surface area (Å²) in [6.07, 6.45) is -4.68. The van der Waals surface area contributed by atoms with Crippen molar-refractivity contribution >= 4 is 23.0 Å². The molecule has 0 fully saturated rings. The number of aromatic hydroxyl groups is 1. The number of carbonyl (C=O) groups excluding carboxylic acids is 1. The molecule has 2 aromatic heterocycles. The number of phenolic OH excluding ortho intramolecular Hbond substituents is 1. The third-order valence-corrected chi connectivity index (χ3v) is 7.80. The zero-order chi connectivity index (χ0) is 27.4. The van der Waals surface area contributed by atoms with Gasteiger partial charge >= 0.3 is 12.1 Å². The summed E-state index contributed by atoms with van der Waals surface area (Å²) in [4.78, 5) is 18.3. The number of hydrogen-bond acceptors (Lipinski definition) is 7. The maximum absolute atomic E-state index is 13.7. The molecule has 3 heterocycles. The molecule has 0 unspecified atom stereocenters. The Kier molecular flexibility index (Phi) is 6.34. The lowest BCUT2D eigenvalue weighted by Gasteiger charge is -2.15. The van der Waals surface area contributed by atoms with Gasteiger partial charge in [0.05, 0.1) is 24.8 Å².